The standard InChI is InChI=1S/C29H32Cl2FN3O4S/c1-4-5-16-33-29(37)21(3)34(18-22-8-15-26(30)27(31)17-22)28(36)19-35(24-11-9-23(32)10-12-24)40(38,39)25-13-6-20(2)7-14-25/h6-15,17,21H,4-5,16,18-19H2,1-3H3,(H,33,37)/t21-/m1/s1. The number of anilines is 1. The van der Waals surface area contributed by atoms with Gasteiger partial charge < -0.3 is 10.2 Å². The van der Waals surface area contributed by atoms with Crippen LogP contribution in [0.2, 0.25) is 10.0 Å². The summed E-state index contributed by atoms with van der Waals surface area (Å²) in [5.41, 5.74) is 1.56. The molecule has 0 heterocycles. The lowest BCUT2D eigenvalue weighted by atomic mass is 10.1. The highest BCUT2D eigenvalue weighted by Gasteiger charge is 2.32. The van der Waals surface area contributed by atoms with Crippen LogP contribution in [0.1, 0.15) is 37.8 Å². The monoisotopic (exact) mass is 607 g/mol. The number of unbranched alkanes of at least 4 members (excludes halogenated alkanes) is 1. The summed E-state index contributed by atoms with van der Waals surface area (Å²) in [6.45, 7) is 5.18. The van der Waals surface area contributed by atoms with Gasteiger partial charge in [-0.15, -0.1) is 0 Å². The van der Waals surface area contributed by atoms with E-state index in [1.54, 1.807) is 37.3 Å². The Morgan fingerprint density at radius 2 is 1.62 bits per heavy atom. The van der Waals surface area contributed by atoms with Crippen molar-refractivity contribution in [3.8, 4) is 0 Å². The highest BCUT2D eigenvalue weighted by Crippen LogP contribution is 2.26. The molecule has 0 aromatic heterocycles. The zero-order valence-electron chi connectivity index (χ0n) is 22.5. The molecule has 0 bridgehead atoms. The van der Waals surface area contributed by atoms with E-state index >= 15 is 0 Å². The lowest BCUT2D eigenvalue weighted by molar-refractivity contribution is -0.139. The molecule has 3 aromatic rings. The molecular formula is C29H32Cl2FN3O4S. The van der Waals surface area contributed by atoms with Gasteiger partial charge >= 0.3 is 0 Å². The molecule has 11 heteroatoms. The smallest absolute Gasteiger partial charge is 0.264 e. The molecular weight excluding hydrogens is 576 g/mol. The maximum atomic E-state index is 13.9. The van der Waals surface area contributed by atoms with Crippen LogP contribution >= 0.6 is 23.2 Å². The fourth-order valence-electron chi connectivity index (χ4n) is 3.93. The van der Waals surface area contributed by atoms with Crippen molar-refractivity contribution >= 4 is 50.7 Å². The number of amides is 2. The summed E-state index contributed by atoms with van der Waals surface area (Å²) in [7, 11) is -4.24. The molecule has 0 unspecified atom stereocenters. The Bertz CT molecular complexity index is 1430. The number of hydrogen-bond acceptors (Lipinski definition) is 4. The van der Waals surface area contributed by atoms with Gasteiger partial charge in [0.25, 0.3) is 10.0 Å². The topological polar surface area (TPSA) is 86.8 Å². The fraction of sp³-hybridized carbons (Fsp3) is 0.310. The SMILES string of the molecule is CCCCNC(=O)[C@@H](C)N(Cc1ccc(Cl)c(Cl)c1)C(=O)CN(c1ccc(F)cc1)S(=O)(=O)c1ccc(C)cc1. The van der Waals surface area contributed by atoms with Gasteiger partial charge in [0.15, 0.2) is 0 Å². The third kappa shape index (κ3) is 7.96. The normalized spacial score (nSPS) is 12.1. The van der Waals surface area contributed by atoms with Gasteiger partial charge in [-0.3, -0.25) is 13.9 Å². The van der Waals surface area contributed by atoms with Crippen LogP contribution in [0.4, 0.5) is 10.1 Å². The maximum Gasteiger partial charge on any atom is 0.264 e. The maximum absolute atomic E-state index is 13.9. The van der Waals surface area contributed by atoms with Crippen molar-refractivity contribution in [3.05, 3.63) is 93.7 Å². The molecule has 0 saturated carbocycles. The third-order valence-electron chi connectivity index (χ3n) is 6.34. The van der Waals surface area contributed by atoms with E-state index < -0.39 is 34.3 Å². The van der Waals surface area contributed by atoms with Crippen LogP contribution in [-0.4, -0.2) is 44.3 Å². The first-order chi connectivity index (χ1) is 18.9. The molecule has 0 aliphatic heterocycles. The van der Waals surface area contributed by atoms with E-state index in [0.29, 0.717) is 17.1 Å². The third-order valence-corrected chi connectivity index (χ3v) is 8.86. The van der Waals surface area contributed by atoms with E-state index in [-0.39, 0.29) is 28.1 Å². The van der Waals surface area contributed by atoms with E-state index in [9.17, 15) is 22.4 Å². The van der Waals surface area contributed by atoms with Gasteiger partial charge in [-0.1, -0.05) is 60.3 Å². The highest BCUT2D eigenvalue weighted by molar-refractivity contribution is 7.92. The summed E-state index contributed by atoms with van der Waals surface area (Å²) in [5, 5.41) is 3.44. The number of benzene rings is 3. The number of carbonyl (C=O) groups is 2. The summed E-state index contributed by atoms with van der Waals surface area (Å²) in [6, 6.07) is 14.9. The lowest BCUT2D eigenvalue weighted by Gasteiger charge is -2.32. The van der Waals surface area contributed by atoms with Crippen molar-refractivity contribution in [1.82, 2.24) is 10.2 Å². The van der Waals surface area contributed by atoms with Crippen molar-refractivity contribution in [3.63, 3.8) is 0 Å². The van der Waals surface area contributed by atoms with Gasteiger partial charge in [0.2, 0.25) is 11.8 Å². The molecule has 1 atom stereocenters. The quantitative estimate of drug-likeness (QED) is 0.257. The Kier molecular flexibility index (Phi) is 11.0. The van der Waals surface area contributed by atoms with Crippen molar-refractivity contribution in [2.75, 3.05) is 17.4 Å². The van der Waals surface area contributed by atoms with E-state index in [1.165, 1.54) is 29.2 Å². The fourth-order valence-corrected chi connectivity index (χ4v) is 5.66. The summed E-state index contributed by atoms with van der Waals surface area (Å²) in [5.74, 6) is -1.57. The van der Waals surface area contributed by atoms with Crippen LogP contribution in [0.5, 0.6) is 0 Å². The first-order valence-corrected chi connectivity index (χ1v) is 15.0. The molecule has 0 saturated heterocycles. The second-order valence-electron chi connectivity index (χ2n) is 9.39. The Morgan fingerprint density at radius 1 is 0.975 bits per heavy atom. The summed E-state index contributed by atoms with van der Waals surface area (Å²) in [4.78, 5) is 28.1. The molecule has 214 valence electrons. The molecule has 1 N–H and O–H groups in total. The summed E-state index contributed by atoms with van der Waals surface area (Å²) < 4.78 is 42.2. The van der Waals surface area contributed by atoms with Gasteiger partial charge in [-0.25, -0.2) is 12.8 Å². The average molecular weight is 609 g/mol. The predicted octanol–water partition coefficient (Wildman–Crippen LogP) is 5.97. The molecule has 7 nitrogen and oxygen atoms in total. The zero-order valence-corrected chi connectivity index (χ0v) is 24.9. The van der Waals surface area contributed by atoms with Gasteiger partial charge in [-0.2, -0.15) is 0 Å². The van der Waals surface area contributed by atoms with E-state index in [1.807, 2.05) is 13.8 Å². The van der Waals surface area contributed by atoms with Crippen molar-refractivity contribution in [2.24, 2.45) is 0 Å². The van der Waals surface area contributed by atoms with Crippen LogP contribution in [0.15, 0.2) is 71.6 Å². The van der Waals surface area contributed by atoms with Gasteiger partial charge in [-0.05, 0) is 74.4 Å². The predicted molar refractivity (Wildman–Crippen MR) is 157 cm³/mol. The summed E-state index contributed by atoms with van der Waals surface area (Å²) >= 11 is 12.2. The lowest BCUT2D eigenvalue weighted by Crippen LogP contribution is -2.51. The largest absolute Gasteiger partial charge is 0.354 e. The number of nitrogens with one attached hydrogen (secondary N) is 1. The second-order valence-corrected chi connectivity index (χ2v) is 12.1. The van der Waals surface area contributed by atoms with Crippen molar-refractivity contribution < 1.29 is 22.4 Å². The molecule has 0 aliphatic carbocycles. The van der Waals surface area contributed by atoms with Crippen LogP contribution in [0.25, 0.3) is 0 Å². The number of hydrogen-bond donors (Lipinski definition) is 1. The van der Waals surface area contributed by atoms with E-state index in [2.05, 4.69) is 5.32 Å². The molecule has 0 fully saturated rings. The Morgan fingerprint density at radius 3 is 2.23 bits per heavy atom. The number of aryl methyl sites for hydroxylation is 1. The minimum atomic E-state index is -4.24. The number of nitrogens with zero attached hydrogens (tertiary/aromatic N) is 2. The van der Waals surface area contributed by atoms with Crippen LogP contribution in [0, 0.1) is 12.7 Å². The van der Waals surface area contributed by atoms with E-state index in [4.69, 9.17) is 23.2 Å². The molecule has 0 radical (unpaired) electrons. The molecule has 3 rings (SSSR count). The second kappa shape index (κ2) is 14.0. The molecule has 40 heavy (non-hydrogen) atoms. The first-order valence-electron chi connectivity index (χ1n) is 12.8. The van der Waals surface area contributed by atoms with Crippen molar-refractivity contribution in [1.29, 1.82) is 0 Å². The molecule has 2 amide bonds. The average Bonchev–Trinajstić information content (AvgIpc) is 2.92. The Hall–Kier alpha value is -3.14. The van der Waals surface area contributed by atoms with E-state index in [0.717, 1.165) is 34.8 Å². The highest BCUT2D eigenvalue weighted by atomic mass is 35.5. The van der Waals surface area contributed by atoms with Crippen LogP contribution < -0.4 is 9.62 Å². The van der Waals surface area contributed by atoms with Gasteiger partial charge in [0, 0.05) is 13.1 Å². The molecule has 3 aromatic carbocycles. The number of sulfonamides is 1. The zero-order chi connectivity index (χ0) is 29.4. The van der Waals surface area contributed by atoms with Crippen LogP contribution in [-0.2, 0) is 26.2 Å². The van der Waals surface area contributed by atoms with Crippen LogP contribution in [0.3, 0.4) is 0 Å². The Balaban J connectivity index is 2.01. The molecule has 0 spiro atoms. The van der Waals surface area contributed by atoms with Gasteiger partial charge in [0.05, 0.1) is 20.6 Å². The Labute approximate surface area is 244 Å². The van der Waals surface area contributed by atoms with Gasteiger partial charge in [0.1, 0.15) is 18.4 Å². The number of carbonyl (C=O) groups excluding carboxylic acids is 2. The first kappa shape index (κ1) is 31.4. The van der Waals surface area contributed by atoms with Crippen molar-refractivity contribution in [2.45, 2.75) is 51.1 Å². The molecule has 0 aliphatic rings. The summed E-state index contributed by atoms with van der Waals surface area (Å²) in [6.07, 6.45) is 1.65. The minimum absolute atomic E-state index is 0.0279. The minimum Gasteiger partial charge on any atom is -0.354 e. The number of rotatable bonds is 12. The number of halogens is 3.